The minimum Gasteiger partial charge on any atom is -0.472 e. The average Bonchev–Trinajstić information content (AvgIpc) is 2.52. The van der Waals surface area contributed by atoms with E-state index in [0.717, 1.165) is 16.5 Å². The second kappa shape index (κ2) is 3.89. The lowest BCUT2D eigenvalue weighted by Gasteiger charge is -2.02. The van der Waals surface area contributed by atoms with Gasteiger partial charge in [0.25, 0.3) is 0 Å². The Hall–Kier alpha value is -1.97. The molecule has 1 heterocycles. The number of aryl methyl sites for hydroxylation is 1. The number of ether oxygens (including phenoxy) is 1. The molecule has 0 unspecified atom stereocenters. The molecule has 0 radical (unpaired) electrons. The van der Waals surface area contributed by atoms with E-state index in [1.807, 2.05) is 32.2 Å². The monoisotopic (exact) mass is 217 g/mol. The van der Waals surface area contributed by atoms with E-state index in [4.69, 9.17) is 10.5 Å². The number of nitrogens with zero attached hydrogens (tertiary/aromatic N) is 2. The van der Waals surface area contributed by atoms with Crippen LogP contribution in [0.4, 0.5) is 5.69 Å². The molecule has 0 aliphatic carbocycles. The molecule has 0 spiro atoms. The van der Waals surface area contributed by atoms with E-state index in [1.54, 1.807) is 4.68 Å². The molecule has 0 aliphatic rings. The number of hydrogen-bond acceptors (Lipinski definition) is 3. The summed E-state index contributed by atoms with van der Waals surface area (Å²) in [5.74, 6) is 0.604. The Morgan fingerprint density at radius 3 is 3.00 bits per heavy atom. The summed E-state index contributed by atoms with van der Waals surface area (Å²) in [4.78, 5) is 0. The van der Waals surface area contributed by atoms with Crippen LogP contribution in [0, 0.1) is 0 Å². The van der Waals surface area contributed by atoms with Gasteiger partial charge in [0.2, 0.25) is 5.88 Å². The van der Waals surface area contributed by atoms with Gasteiger partial charge < -0.3 is 10.5 Å². The highest BCUT2D eigenvalue weighted by atomic mass is 16.5. The van der Waals surface area contributed by atoms with Crippen LogP contribution in [-0.4, -0.2) is 16.4 Å². The predicted octanol–water partition coefficient (Wildman–Crippen LogP) is 2.11. The van der Waals surface area contributed by atoms with Crippen LogP contribution in [0.3, 0.4) is 0 Å². The first-order valence-corrected chi connectivity index (χ1v) is 5.07. The van der Waals surface area contributed by atoms with Crippen molar-refractivity contribution in [3.63, 3.8) is 0 Å². The molecule has 16 heavy (non-hydrogen) atoms. The smallest absolute Gasteiger partial charge is 0.241 e. The number of nitrogen functional groups attached to an aromatic ring is 1. The lowest BCUT2D eigenvalue weighted by molar-refractivity contribution is 0.338. The molecule has 4 nitrogen and oxygen atoms in total. The van der Waals surface area contributed by atoms with Crippen molar-refractivity contribution in [2.24, 2.45) is 7.05 Å². The molecule has 0 amide bonds. The fourth-order valence-corrected chi connectivity index (χ4v) is 1.55. The van der Waals surface area contributed by atoms with E-state index < -0.39 is 0 Å². The van der Waals surface area contributed by atoms with E-state index >= 15 is 0 Å². The standard InChI is InChI=1S/C12H15N3O/c1-8(2)7-16-12-10-6-9(13)4-5-11(10)15(3)14-12/h4-6H,1,7,13H2,2-3H3. The summed E-state index contributed by atoms with van der Waals surface area (Å²) in [6, 6.07) is 5.66. The summed E-state index contributed by atoms with van der Waals surface area (Å²) in [5.41, 5.74) is 8.42. The van der Waals surface area contributed by atoms with Crippen molar-refractivity contribution in [2.45, 2.75) is 6.92 Å². The van der Waals surface area contributed by atoms with Crippen molar-refractivity contribution < 1.29 is 4.74 Å². The Morgan fingerprint density at radius 1 is 1.56 bits per heavy atom. The predicted molar refractivity (Wildman–Crippen MR) is 65.4 cm³/mol. The molecule has 0 fully saturated rings. The van der Waals surface area contributed by atoms with Gasteiger partial charge in [0.05, 0.1) is 10.9 Å². The minimum absolute atomic E-state index is 0.473. The lowest BCUT2D eigenvalue weighted by Crippen LogP contribution is -1.99. The number of benzene rings is 1. The Balaban J connectivity index is 2.44. The maximum atomic E-state index is 5.75. The zero-order valence-corrected chi connectivity index (χ0v) is 9.53. The van der Waals surface area contributed by atoms with Crippen molar-refractivity contribution in [3.8, 4) is 5.88 Å². The molecule has 0 saturated carbocycles. The van der Waals surface area contributed by atoms with Crippen molar-refractivity contribution in [1.29, 1.82) is 0 Å². The van der Waals surface area contributed by atoms with Crippen LogP contribution in [0.1, 0.15) is 6.92 Å². The molecular weight excluding hydrogens is 202 g/mol. The number of aromatic nitrogens is 2. The highest BCUT2D eigenvalue weighted by molar-refractivity contribution is 5.87. The number of fused-ring (bicyclic) bond motifs is 1. The second-order valence-electron chi connectivity index (χ2n) is 3.95. The largest absolute Gasteiger partial charge is 0.472 e. The van der Waals surface area contributed by atoms with Gasteiger partial charge in [0.15, 0.2) is 0 Å². The van der Waals surface area contributed by atoms with Gasteiger partial charge in [-0.3, -0.25) is 4.68 Å². The van der Waals surface area contributed by atoms with Gasteiger partial charge in [0.1, 0.15) is 6.61 Å². The molecule has 4 heteroatoms. The summed E-state index contributed by atoms with van der Waals surface area (Å²) < 4.78 is 7.35. The maximum Gasteiger partial charge on any atom is 0.241 e. The second-order valence-corrected chi connectivity index (χ2v) is 3.95. The summed E-state index contributed by atoms with van der Waals surface area (Å²) in [5, 5.41) is 5.23. The van der Waals surface area contributed by atoms with Gasteiger partial charge >= 0.3 is 0 Å². The normalized spacial score (nSPS) is 10.6. The summed E-state index contributed by atoms with van der Waals surface area (Å²) in [6.45, 7) is 6.18. The Bertz CT molecular complexity index is 542. The topological polar surface area (TPSA) is 53.1 Å². The first kappa shape index (κ1) is 10.5. The van der Waals surface area contributed by atoms with Crippen molar-refractivity contribution in [3.05, 3.63) is 30.4 Å². The fraction of sp³-hybridized carbons (Fsp3) is 0.250. The quantitative estimate of drug-likeness (QED) is 0.632. The van der Waals surface area contributed by atoms with E-state index in [9.17, 15) is 0 Å². The molecule has 1 aromatic carbocycles. The number of rotatable bonds is 3. The van der Waals surface area contributed by atoms with Gasteiger partial charge in [-0.2, -0.15) is 0 Å². The van der Waals surface area contributed by atoms with Crippen LogP contribution in [0.15, 0.2) is 30.4 Å². The van der Waals surface area contributed by atoms with Crippen LogP contribution >= 0.6 is 0 Å². The third kappa shape index (κ3) is 1.86. The van der Waals surface area contributed by atoms with Crippen LogP contribution in [-0.2, 0) is 7.05 Å². The molecule has 0 bridgehead atoms. The third-order valence-corrected chi connectivity index (χ3v) is 2.30. The van der Waals surface area contributed by atoms with E-state index in [0.29, 0.717) is 18.2 Å². The molecule has 0 aliphatic heterocycles. The molecule has 84 valence electrons. The lowest BCUT2D eigenvalue weighted by atomic mass is 10.2. The van der Waals surface area contributed by atoms with Crippen molar-refractivity contribution in [1.82, 2.24) is 9.78 Å². The Labute approximate surface area is 94.3 Å². The molecule has 2 N–H and O–H groups in total. The first-order valence-electron chi connectivity index (χ1n) is 5.07. The Kier molecular flexibility index (Phi) is 2.56. The molecule has 2 rings (SSSR count). The van der Waals surface area contributed by atoms with E-state index in [2.05, 4.69) is 11.7 Å². The molecule has 1 aromatic heterocycles. The Morgan fingerprint density at radius 2 is 2.31 bits per heavy atom. The first-order chi connectivity index (χ1) is 7.58. The summed E-state index contributed by atoms with van der Waals surface area (Å²) in [6.07, 6.45) is 0. The minimum atomic E-state index is 0.473. The summed E-state index contributed by atoms with van der Waals surface area (Å²) in [7, 11) is 1.88. The SMILES string of the molecule is C=C(C)COc1nn(C)c2ccc(N)cc12. The number of anilines is 1. The molecular formula is C12H15N3O. The van der Waals surface area contributed by atoms with Crippen molar-refractivity contribution in [2.75, 3.05) is 12.3 Å². The molecule has 0 saturated heterocycles. The van der Waals surface area contributed by atoms with Gasteiger partial charge in [0, 0.05) is 12.7 Å². The molecule has 2 aromatic rings. The van der Waals surface area contributed by atoms with Crippen molar-refractivity contribution >= 4 is 16.6 Å². The molecule has 0 atom stereocenters. The fourth-order valence-electron chi connectivity index (χ4n) is 1.55. The van der Waals surface area contributed by atoms with Crippen LogP contribution in [0.2, 0.25) is 0 Å². The zero-order chi connectivity index (χ0) is 11.7. The average molecular weight is 217 g/mol. The van der Waals surface area contributed by atoms with Crippen LogP contribution in [0.5, 0.6) is 5.88 Å². The number of nitrogens with two attached hydrogens (primary N) is 1. The third-order valence-electron chi connectivity index (χ3n) is 2.30. The van der Waals surface area contributed by atoms with Gasteiger partial charge in [-0.1, -0.05) is 6.58 Å². The highest BCUT2D eigenvalue weighted by Gasteiger charge is 2.09. The summed E-state index contributed by atoms with van der Waals surface area (Å²) >= 11 is 0. The van der Waals surface area contributed by atoms with Gasteiger partial charge in [-0.25, -0.2) is 0 Å². The number of hydrogen-bond donors (Lipinski definition) is 1. The van der Waals surface area contributed by atoms with E-state index in [1.165, 1.54) is 0 Å². The highest BCUT2D eigenvalue weighted by Crippen LogP contribution is 2.26. The van der Waals surface area contributed by atoms with Gasteiger partial charge in [-0.05, 0) is 30.7 Å². The maximum absolute atomic E-state index is 5.75. The van der Waals surface area contributed by atoms with E-state index in [-0.39, 0.29) is 0 Å². The van der Waals surface area contributed by atoms with Crippen LogP contribution < -0.4 is 10.5 Å². The van der Waals surface area contributed by atoms with Gasteiger partial charge in [-0.15, -0.1) is 5.10 Å². The zero-order valence-electron chi connectivity index (χ0n) is 9.53. The van der Waals surface area contributed by atoms with Crippen LogP contribution in [0.25, 0.3) is 10.9 Å².